The number of hydrogen-bond acceptors (Lipinski definition) is 4. The zero-order chi connectivity index (χ0) is 21.3. The second-order valence-electron chi connectivity index (χ2n) is 6.73. The molecule has 3 aromatic carbocycles. The first-order chi connectivity index (χ1) is 14.5. The van der Waals surface area contributed by atoms with Crippen molar-refractivity contribution in [1.29, 1.82) is 5.26 Å². The monoisotopic (exact) mass is 399 g/mol. The molecule has 0 spiro atoms. The van der Waals surface area contributed by atoms with Gasteiger partial charge < -0.3 is 15.1 Å². The summed E-state index contributed by atoms with van der Waals surface area (Å²) in [4.78, 5) is 12.7. The van der Waals surface area contributed by atoms with Crippen LogP contribution in [0.5, 0.6) is 0 Å². The van der Waals surface area contributed by atoms with E-state index in [9.17, 15) is 14.4 Å². The van der Waals surface area contributed by atoms with Crippen LogP contribution in [0.2, 0.25) is 0 Å². The van der Waals surface area contributed by atoms with Crippen molar-refractivity contribution >= 4 is 22.6 Å². The van der Waals surface area contributed by atoms with Crippen LogP contribution in [0.15, 0.2) is 65.1 Å². The van der Waals surface area contributed by atoms with Gasteiger partial charge in [0.1, 0.15) is 17.2 Å². The number of fused-ring (bicyclic) bond motifs is 1. The van der Waals surface area contributed by atoms with Gasteiger partial charge in [-0.25, -0.2) is 4.39 Å². The van der Waals surface area contributed by atoms with Gasteiger partial charge in [-0.15, -0.1) is 0 Å². The summed E-state index contributed by atoms with van der Waals surface area (Å²) in [6.07, 6.45) is 0. The smallest absolute Gasteiger partial charge is 0.255 e. The van der Waals surface area contributed by atoms with E-state index in [1.54, 1.807) is 38.4 Å². The summed E-state index contributed by atoms with van der Waals surface area (Å²) in [5.74, 6) is -0.301. The van der Waals surface area contributed by atoms with Gasteiger partial charge in [0.15, 0.2) is 0 Å². The van der Waals surface area contributed by atoms with E-state index in [2.05, 4.69) is 16.7 Å². The molecule has 1 heterocycles. The highest BCUT2D eigenvalue weighted by Crippen LogP contribution is 2.39. The maximum Gasteiger partial charge on any atom is 0.255 e. The van der Waals surface area contributed by atoms with Gasteiger partial charge in [-0.05, 0) is 48.0 Å². The molecule has 0 atom stereocenters. The Kier molecular flexibility index (Phi) is 4.95. The van der Waals surface area contributed by atoms with Gasteiger partial charge in [0.05, 0.1) is 17.2 Å². The SMILES string of the molecule is CNC(=O)c1c(-c2ccc(F)cc2)oc2cc(NC)c(-c3cccc(C#N)c3)cc12. The predicted molar refractivity (Wildman–Crippen MR) is 115 cm³/mol. The van der Waals surface area contributed by atoms with Crippen molar-refractivity contribution in [2.24, 2.45) is 0 Å². The lowest BCUT2D eigenvalue weighted by molar-refractivity contribution is 0.0964. The number of rotatable bonds is 4. The summed E-state index contributed by atoms with van der Waals surface area (Å²) in [6, 6.07) is 18.9. The summed E-state index contributed by atoms with van der Waals surface area (Å²) in [5.41, 5.74) is 4.51. The van der Waals surface area contributed by atoms with E-state index in [0.29, 0.717) is 33.4 Å². The van der Waals surface area contributed by atoms with Crippen molar-refractivity contribution in [2.75, 3.05) is 19.4 Å². The van der Waals surface area contributed by atoms with Crippen molar-refractivity contribution in [3.8, 4) is 28.5 Å². The molecule has 0 bridgehead atoms. The number of hydrogen-bond donors (Lipinski definition) is 2. The van der Waals surface area contributed by atoms with Crippen molar-refractivity contribution in [3.05, 3.63) is 77.6 Å². The Morgan fingerprint density at radius 3 is 2.47 bits per heavy atom. The highest BCUT2D eigenvalue weighted by molar-refractivity contribution is 6.12. The number of carbonyl (C=O) groups is 1. The van der Waals surface area contributed by atoms with Crippen molar-refractivity contribution in [1.82, 2.24) is 5.32 Å². The van der Waals surface area contributed by atoms with Gasteiger partial charge in [-0.2, -0.15) is 5.26 Å². The number of nitriles is 1. The molecule has 0 aliphatic heterocycles. The first-order valence-electron chi connectivity index (χ1n) is 9.32. The molecule has 0 fully saturated rings. The molecular formula is C24H18FN3O2. The molecule has 0 aliphatic rings. The van der Waals surface area contributed by atoms with Crippen LogP contribution < -0.4 is 10.6 Å². The van der Waals surface area contributed by atoms with E-state index >= 15 is 0 Å². The summed E-state index contributed by atoms with van der Waals surface area (Å²) >= 11 is 0. The molecule has 5 nitrogen and oxygen atoms in total. The quantitative estimate of drug-likeness (QED) is 0.496. The Morgan fingerprint density at radius 1 is 1.03 bits per heavy atom. The molecule has 6 heteroatoms. The van der Waals surface area contributed by atoms with Crippen molar-refractivity contribution < 1.29 is 13.6 Å². The van der Waals surface area contributed by atoms with Gasteiger partial charge >= 0.3 is 0 Å². The third kappa shape index (κ3) is 3.27. The van der Waals surface area contributed by atoms with Crippen LogP contribution in [0, 0.1) is 17.1 Å². The van der Waals surface area contributed by atoms with Crippen LogP contribution in [0.1, 0.15) is 15.9 Å². The number of carbonyl (C=O) groups excluding carboxylic acids is 1. The Hall–Kier alpha value is -4.11. The van der Waals surface area contributed by atoms with Gasteiger partial charge in [-0.1, -0.05) is 12.1 Å². The fraction of sp³-hybridized carbons (Fsp3) is 0.0833. The van der Waals surface area contributed by atoms with E-state index < -0.39 is 0 Å². The Labute approximate surface area is 172 Å². The van der Waals surface area contributed by atoms with E-state index in [1.807, 2.05) is 24.3 Å². The molecule has 1 amide bonds. The molecule has 148 valence electrons. The minimum atomic E-state index is -0.367. The van der Waals surface area contributed by atoms with E-state index in [4.69, 9.17) is 4.42 Å². The molecule has 0 unspecified atom stereocenters. The molecule has 0 aliphatic carbocycles. The summed E-state index contributed by atoms with van der Waals surface area (Å²) in [5, 5.41) is 15.7. The maximum atomic E-state index is 13.4. The van der Waals surface area contributed by atoms with E-state index in [-0.39, 0.29) is 11.7 Å². The third-order valence-electron chi connectivity index (χ3n) is 4.96. The molecule has 2 N–H and O–H groups in total. The minimum Gasteiger partial charge on any atom is -0.455 e. The lowest BCUT2D eigenvalue weighted by Gasteiger charge is -2.10. The molecule has 0 saturated heterocycles. The summed E-state index contributed by atoms with van der Waals surface area (Å²) < 4.78 is 19.4. The summed E-state index contributed by atoms with van der Waals surface area (Å²) in [6.45, 7) is 0. The van der Waals surface area contributed by atoms with Crippen LogP contribution in [0.25, 0.3) is 33.4 Å². The predicted octanol–water partition coefficient (Wildman–Crippen LogP) is 5.18. The van der Waals surface area contributed by atoms with Gasteiger partial charge in [0, 0.05) is 42.4 Å². The number of nitrogens with one attached hydrogen (secondary N) is 2. The fourth-order valence-electron chi connectivity index (χ4n) is 3.50. The largest absolute Gasteiger partial charge is 0.455 e. The normalized spacial score (nSPS) is 10.6. The zero-order valence-corrected chi connectivity index (χ0v) is 16.4. The first-order valence-corrected chi connectivity index (χ1v) is 9.32. The highest BCUT2D eigenvalue weighted by atomic mass is 19.1. The fourth-order valence-corrected chi connectivity index (χ4v) is 3.50. The number of nitrogens with zero attached hydrogens (tertiary/aromatic N) is 1. The first kappa shape index (κ1) is 19.2. The van der Waals surface area contributed by atoms with Crippen molar-refractivity contribution in [3.63, 3.8) is 0 Å². The van der Waals surface area contributed by atoms with Gasteiger partial charge in [0.25, 0.3) is 5.91 Å². The van der Waals surface area contributed by atoms with Crippen LogP contribution in [0.4, 0.5) is 10.1 Å². The third-order valence-corrected chi connectivity index (χ3v) is 4.96. The molecule has 0 radical (unpaired) electrons. The van der Waals surface area contributed by atoms with Crippen molar-refractivity contribution in [2.45, 2.75) is 0 Å². The molecule has 30 heavy (non-hydrogen) atoms. The second-order valence-corrected chi connectivity index (χ2v) is 6.73. The number of halogens is 1. The topological polar surface area (TPSA) is 78.1 Å². The van der Waals surface area contributed by atoms with Crippen LogP contribution in [-0.4, -0.2) is 20.0 Å². The number of furan rings is 1. The Morgan fingerprint density at radius 2 is 1.80 bits per heavy atom. The van der Waals surface area contributed by atoms with E-state index in [1.165, 1.54) is 12.1 Å². The standard InChI is InChI=1S/C24H18FN3O2/c1-27-20-12-21-19(11-18(20)16-5-3-4-14(10-16)13-26)22(24(29)28-2)23(30-21)15-6-8-17(25)9-7-15/h3-12,27H,1-2H3,(H,28,29). The Balaban J connectivity index is 2.01. The van der Waals surface area contributed by atoms with Crippen LogP contribution in [-0.2, 0) is 0 Å². The average molecular weight is 399 g/mol. The lowest BCUT2D eigenvalue weighted by atomic mass is 9.97. The molecular weight excluding hydrogens is 381 g/mol. The van der Waals surface area contributed by atoms with Gasteiger partial charge in [-0.3, -0.25) is 4.79 Å². The number of benzene rings is 3. The minimum absolute atomic E-state index is 0.304. The zero-order valence-electron chi connectivity index (χ0n) is 16.4. The maximum absolute atomic E-state index is 13.4. The molecule has 4 aromatic rings. The summed E-state index contributed by atoms with van der Waals surface area (Å²) in [7, 11) is 3.34. The molecule has 4 rings (SSSR count). The van der Waals surface area contributed by atoms with Crippen LogP contribution in [0.3, 0.4) is 0 Å². The van der Waals surface area contributed by atoms with Crippen LogP contribution >= 0.6 is 0 Å². The highest BCUT2D eigenvalue weighted by Gasteiger charge is 2.23. The molecule has 1 aromatic heterocycles. The second kappa shape index (κ2) is 7.72. The van der Waals surface area contributed by atoms with Gasteiger partial charge in [0.2, 0.25) is 0 Å². The average Bonchev–Trinajstić information content (AvgIpc) is 3.16. The number of anilines is 1. The Bertz CT molecular complexity index is 1300. The number of amides is 1. The lowest BCUT2D eigenvalue weighted by Crippen LogP contribution is -2.18. The molecule has 0 saturated carbocycles. The van der Waals surface area contributed by atoms with E-state index in [0.717, 1.165) is 16.8 Å².